The topological polar surface area (TPSA) is 30.7 Å². The predicted molar refractivity (Wildman–Crippen MR) is 72.3 cm³/mol. The van der Waals surface area contributed by atoms with Crippen LogP contribution in [0, 0.1) is 0 Å². The maximum Gasteiger partial charge on any atom is 0.0827 e. The molecule has 0 aliphatic carbocycles. The molecule has 0 fully saturated rings. The van der Waals surface area contributed by atoms with E-state index in [0.29, 0.717) is 5.88 Å². The molecule has 0 saturated heterocycles. The Morgan fingerprint density at radius 3 is 2.71 bits per heavy atom. The Morgan fingerprint density at radius 1 is 1.24 bits per heavy atom. The number of halogens is 2. The van der Waals surface area contributed by atoms with Gasteiger partial charge in [0.15, 0.2) is 0 Å². The van der Waals surface area contributed by atoms with Gasteiger partial charge in [-0.1, -0.05) is 33.3 Å². The zero-order chi connectivity index (χ0) is 12.1. The van der Waals surface area contributed by atoms with E-state index in [1.165, 1.54) is 5.56 Å². The molecule has 0 aliphatic heterocycles. The van der Waals surface area contributed by atoms with Crippen molar-refractivity contribution < 1.29 is 0 Å². The fourth-order valence-corrected chi connectivity index (χ4v) is 1.95. The van der Waals surface area contributed by atoms with E-state index in [0.717, 1.165) is 29.6 Å². The zero-order valence-electron chi connectivity index (χ0n) is 9.31. The number of aryl methyl sites for hydroxylation is 1. The van der Waals surface area contributed by atoms with Crippen molar-refractivity contribution in [2.75, 3.05) is 5.88 Å². The van der Waals surface area contributed by atoms with Crippen LogP contribution in [0.15, 0.2) is 34.9 Å². The van der Waals surface area contributed by atoms with Gasteiger partial charge in [0.1, 0.15) is 0 Å². The molecule has 0 radical (unpaired) electrons. The van der Waals surface area contributed by atoms with E-state index in [9.17, 15) is 0 Å². The molecule has 0 unspecified atom stereocenters. The lowest BCUT2D eigenvalue weighted by Crippen LogP contribution is -2.00. The van der Waals surface area contributed by atoms with Gasteiger partial charge in [-0.15, -0.1) is 16.7 Å². The summed E-state index contributed by atoms with van der Waals surface area (Å²) in [4.78, 5) is 0. The average Bonchev–Trinajstić information content (AvgIpc) is 2.77. The van der Waals surface area contributed by atoms with Crippen LogP contribution >= 0.6 is 27.5 Å². The smallest absolute Gasteiger partial charge is 0.0827 e. The van der Waals surface area contributed by atoms with Crippen molar-refractivity contribution in [3.8, 4) is 0 Å². The number of hydrogen-bond donors (Lipinski definition) is 0. The molecular formula is C12H13BrClN3. The summed E-state index contributed by atoms with van der Waals surface area (Å²) in [6.07, 6.45) is 3.82. The molecule has 0 atom stereocenters. The van der Waals surface area contributed by atoms with Gasteiger partial charge in [0.05, 0.1) is 12.2 Å². The first-order valence-corrected chi connectivity index (χ1v) is 6.80. The zero-order valence-corrected chi connectivity index (χ0v) is 11.7. The summed E-state index contributed by atoms with van der Waals surface area (Å²) < 4.78 is 2.94. The van der Waals surface area contributed by atoms with Crippen LogP contribution in [-0.4, -0.2) is 20.9 Å². The van der Waals surface area contributed by atoms with Gasteiger partial charge in [0, 0.05) is 16.5 Å². The van der Waals surface area contributed by atoms with Crippen LogP contribution in [0.25, 0.3) is 0 Å². The molecule has 2 aromatic rings. The summed E-state index contributed by atoms with van der Waals surface area (Å²) in [6.45, 7) is 0.751. The highest BCUT2D eigenvalue weighted by Gasteiger charge is 2.01. The first kappa shape index (κ1) is 12.6. The Labute approximate surface area is 114 Å². The van der Waals surface area contributed by atoms with Crippen molar-refractivity contribution in [3.63, 3.8) is 0 Å². The summed E-state index contributed by atoms with van der Waals surface area (Å²) in [7, 11) is 0. The molecule has 1 aromatic heterocycles. The number of nitrogens with zero attached hydrogens (tertiary/aromatic N) is 3. The van der Waals surface area contributed by atoms with E-state index in [-0.39, 0.29) is 0 Å². The Balaban J connectivity index is 1.98. The Kier molecular flexibility index (Phi) is 4.57. The second kappa shape index (κ2) is 6.17. The molecule has 1 heterocycles. The molecule has 0 amide bonds. The molecule has 0 saturated carbocycles. The quantitative estimate of drug-likeness (QED) is 0.793. The van der Waals surface area contributed by atoms with E-state index < -0.39 is 0 Å². The normalized spacial score (nSPS) is 10.7. The van der Waals surface area contributed by atoms with Gasteiger partial charge >= 0.3 is 0 Å². The molecule has 0 spiro atoms. The van der Waals surface area contributed by atoms with Crippen LogP contribution in [0.5, 0.6) is 0 Å². The number of rotatable bonds is 5. The molecule has 2 rings (SSSR count). The van der Waals surface area contributed by atoms with Gasteiger partial charge in [-0.2, -0.15) is 0 Å². The van der Waals surface area contributed by atoms with E-state index in [4.69, 9.17) is 11.6 Å². The van der Waals surface area contributed by atoms with Crippen molar-refractivity contribution in [2.24, 2.45) is 0 Å². The first-order valence-electron chi connectivity index (χ1n) is 5.47. The predicted octanol–water partition coefficient (Wildman–Crippen LogP) is 3.26. The summed E-state index contributed by atoms with van der Waals surface area (Å²) >= 11 is 9.06. The fraction of sp³-hybridized carbons (Fsp3) is 0.333. The molecule has 90 valence electrons. The molecule has 1 aromatic carbocycles. The van der Waals surface area contributed by atoms with Crippen molar-refractivity contribution in [3.05, 3.63) is 46.2 Å². The molecule has 0 aliphatic rings. The standard InChI is InChI=1S/C12H13BrClN3/c13-11-5-3-10(4-6-11)8-17-9-12(15-16-17)2-1-7-14/h3-6,9H,1-2,7-8H2. The van der Waals surface area contributed by atoms with Gasteiger partial charge < -0.3 is 0 Å². The largest absolute Gasteiger partial charge is 0.248 e. The highest BCUT2D eigenvalue weighted by molar-refractivity contribution is 9.10. The first-order chi connectivity index (χ1) is 8.28. The minimum Gasteiger partial charge on any atom is -0.248 e. The molecular weight excluding hydrogens is 302 g/mol. The Morgan fingerprint density at radius 2 is 2.00 bits per heavy atom. The molecule has 0 N–H and O–H groups in total. The average molecular weight is 315 g/mol. The third kappa shape index (κ3) is 3.82. The van der Waals surface area contributed by atoms with Gasteiger partial charge in [-0.05, 0) is 30.5 Å². The van der Waals surface area contributed by atoms with Crippen LogP contribution in [-0.2, 0) is 13.0 Å². The van der Waals surface area contributed by atoms with E-state index in [2.05, 4.69) is 38.4 Å². The SMILES string of the molecule is ClCCCc1cn(Cc2ccc(Br)cc2)nn1. The lowest BCUT2D eigenvalue weighted by Gasteiger charge is -2.00. The number of benzene rings is 1. The van der Waals surface area contributed by atoms with Crippen LogP contribution in [0.2, 0.25) is 0 Å². The van der Waals surface area contributed by atoms with E-state index >= 15 is 0 Å². The summed E-state index contributed by atoms with van der Waals surface area (Å²) in [5.74, 6) is 0.666. The Hall–Kier alpha value is -0.870. The molecule has 17 heavy (non-hydrogen) atoms. The van der Waals surface area contributed by atoms with Crippen molar-refractivity contribution in [1.29, 1.82) is 0 Å². The third-order valence-corrected chi connectivity index (χ3v) is 3.21. The van der Waals surface area contributed by atoms with Crippen molar-refractivity contribution in [1.82, 2.24) is 15.0 Å². The number of aromatic nitrogens is 3. The van der Waals surface area contributed by atoms with Gasteiger partial charge in [0.2, 0.25) is 0 Å². The van der Waals surface area contributed by atoms with Gasteiger partial charge in [-0.3, -0.25) is 0 Å². The number of hydrogen-bond acceptors (Lipinski definition) is 2. The van der Waals surface area contributed by atoms with Crippen LogP contribution in [0.4, 0.5) is 0 Å². The lowest BCUT2D eigenvalue weighted by molar-refractivity contribution is 0.649. The molecule has 5 heteroatoms. The van der Waals surface area contributed by atoms with Crippen molar-refractivity contribution >= 4 is 27.5 Å². The molecule has 0 bridgehead atoms. The highest BCUT2D eigenvalue weighted by Crippen LogP contribution is 2.11. The second-order valence-electron chi connectivity index (χ2n) is 3.83. The van der Waals surface area contributed by atoms with Crippen LogP contribution in [0.3, 0.4) is 0 Å². The Bertz CT molecular complexity index is 467. The van der Waals surface area contributed by atoms with Crippen molar-refractivity contribution in [2.45, 2.75) is 19.4 Å². The minimum absolute atomic E-state index is 0.666. The maximum absolute atomic E-state index is 5.64. The van der Waals surface area contributed by atoms with E-state index in [1.807, 2.05) is 23.0 Å². The summed E-state index contributed by atoms with van der Waals surface area (Å²) in [6, 6.07) is 8.20. The van der Waals surface area contributed by atoms with E-state index in [1.54, 1.807) is 0 Å². The lowest BCUT2D eigenvalue weighted by atomic mass is 10.2. The van der Waals surface area contributed by atoms with Crippen LogP contribution < -0.4 is 0 Å². The minimum atomic E-state index is 0.666. The summed E-state index contributed by atoms with van der Waals surface area (Å²) in [5.41, 5.74) is 2.21. The maximum atomic E-state index is 5.64. The van der Waals surface area contributed by atoms with Crippen LogP contribution in [0.1, 0.15) is 17.7 Å². The third-order valence-electron chi connectivity index (χ3n) is 2.41. The molecule has 3 nitrogen and oxygen atoms in total. The van der Waals surface area contributed by atoms with Gasteiger partial charge in [0.25, 0.3) is 0 Å². The van der Waals surface area contributed by atoms with Gasteiger partial charge in [-0.25, -0.2) is 4.68 Å². The number of alkyl halides is 1. The fourth-order valence-electron chi connectivity index (χ4n) is 1.56. The monoisotopic (exact) mass is 313 g/mol. The summed E-state index contributed by atoms with van der Waals surface area (Å²) in [5, 5.41) is 8.21. The highest BCUT2D eigenvalue weighted by atomic mass is 79.9. The second-order valence-corrected chi connectivity index (χ2v) is 5.12.